The van der Waals surface area contributed by atoms with Gasteiger partial charge in [-0.25, -0.2) is 9.97 Å². The van der Waals surface area contributed by atoms with Gasteiger partial charge in [-0.2, -0.15) is 0 Å². The molecule has 1 aliphatic rings. The molecule has 1 saturated heterocycles. The van der Waals surface area contributed by atoms with Crippen molar-refractivity contribution >= 4 is 40.5 Å². The van der Waals surface area contributed by atoms with Gasteiger partial charge >= 0.3 is 0 Å². The summed E-state index contributed by atoms with van der Waals surface area (Å²) in [6.07, 6.45) is 1.52. The maximum atomic E-state index is 12.2. The van der Waals surface area contributed by atoms with E-state index in [1.165, 1.54) is 48.0 Å². The van der Waals surface area contributed by atoms with Crippen LogP contribution in [0.3, 0.4) is 0 Å². The Morgan fingerprint density at radius 3 is 2.38 bits per heavy atom. The highest BCUT2D eigenvalue weighted by atomic mass is 32.2. The number of thioether (sulfide) groups is 1. The average Bonchev–Trinajstić information content (AvgIpc) is 2.84. The zero-order valence-electron chi connectivity index (χ0n) is 17.3. The van der Waals surface area contributed by atoms with E-state index >= 15 is 0 Å². The molecule has 10 heteroatoms. The number of nitrogens with zero attached hydrogens (tertiary/aromatic N) is 5. The minimum Gasteiger partial charge on any atom is -0.368 e. The van der Waals surface area contributed by atoms with Crippen LogP contribution in [0, 0.1) is 10.1 Å². The summed E-state index contributed by atoms with van der Waals surface area (Å²) in [4.78, 5) is 35.7. The lowest BCUT2D eigenvalue weighted by Gasteiger charge is -2.36. The number of nitro benzene ring substituents is 1. The first kappa shape index (κ1) is 21.6. The number of piperazine rings is 1. The predicted octanol–water partition coefficient (Wildman–Crippen LogP) is 3.44. The number of nitro groups is 1. The van der Waals surface area contributed by atoms with Gasteiger partial charge in [-0.15, -0.1) is 0 Å². The lowest BCUT2D eigenvalue weighted by Crippen LogP contribution is -2.46. The molecule has 0 unspecified atom stereocenters. The number of hydrogen-bond acceptors (Lipinski definition) is 8. The normalized spacial score (nSPS) is 13.6. The number of rotatable bonds is 7. The second-order valence-electron chi connectivity index (χ2n) is 7.16. The zero-order valence-corrected chi connectivity index (χ0v) is 18.1. The fourth-order valence-corrected chi connectivity index (χ4v) is 4.08. The summed E-state index contributed by atoms with van der Waals surface area (Å²) in [7, 11) is 0. The number of carbonyl (C=O) groups excluding carboxylic acids is 1. The maximum Gasteiger partial charge on any atom is 0.269 e. The van der Waals surface area contributed by atoms with Crippen LogP contribution in [0.4, 0.5) is 22.9 Å². The van der Waals surface area contributed by atoms with Crippen molar-refractivity contribution in [2.45, 2.75) is 5.03 Å². The first-order chi connectivity index (χ1) is 15.6. The van der Waals surface area contributed by atoms with Gasteiger partial charge in [0.25, 0.3) is 5.69 Å². The van der Waals surface area contributed by atoms with E-state index < -0.39 is 4.92 Å². The van der Waals surface area contributed by atoms with Gasteiger partial charge in [0.05, 0.1) is 10.7 Å². The van der Waals surface area contributed by atoms with Gasteiger partial charge in [0.15, 0.2) is 0 Å². The molecule has 0 aliphatic carbocycles. The quantitative estimate of drug-likeness (QED) is 0.253. The van der Waals surface area contributed by atoms with Crippen molar-refractivity contribution in [3.8, 4) is 0 Å². The van der Waals surface area contributed by atoms with Crippen LogP contribution in [0.1, 0.15) is 0 Å². The van der Waals surface area contributed by atoms with Gasteiger partial charge in [0.2, 0.25) is 5.91 Å². The van der Waals surface area contributed by atoms with E-state index in [1.807, 2.05) is 24.3 Å². The molecule has 0 bridgehead atoms. The SMILES string of the molecule is O=C(CSc1cc(N2CCN(c3ccccc3)CC2)ncn1)Nc1ccc([N+](=O)[O-])cc1. The topological polar surface area (TPSA) is 104 Å². The Morgan fingerprint density at radius 1 is 1.00 bits per heavy atom. The van der Waals surface area contributed by atoms with Crippen LogP contribution in [0.25, 0.3) is 0 Å². The molecule has 1 aliphatic heterocycles. The summed E-state index contributed by atoms with van der Waals surface area (Å²) in [5.74, 6) is 0.821. The molecular weight excluding hydrogens is 428 g/mol. The standard InChI is InChI=1S/C22H22N6O3S/c29-21(25-17-6-8-19(9-7-17)28(30)31)15-32-22-14-20(23-16-24-22)27-12-10-26(11-13-27)18-4-2-1-3-5-18/h1-9,14,16H,10-13,15H2,(H,25,29). The van der Waals surface area contributed by atoms with Crippen molar-refractivity contribution in [1.29, 1.82) is 0 Å². The van der Waals surface area contributed by atoms with Crippen molar-refractivity contribution in [1.82, 2.24) is 9.97 Å². The molecule has 0 atom stereocenters. The molecule has 1 N–H and O–H groups in total. The largest absolute Gasteiger partial charge is 0.368 e. The highest BCUT2D eigenvalue weighted by Gasteiger charge is 2.19. The Bertz CT molecular complexity index is 1070. The summed E-state index contributed by atoms with van der Waals surface area (Å²) in [6.45, 7) is 3.54. The smallest absolute Gasteiger partial charge is 0.269 e. The van der Waals surface area contributed by atoms with Crippen LogP contribution in [0.2, 0.25) is 0 Å². The summed E-state index contributed by atoms with van der Waals surface area (Å²) in [6, 6.07) is 18.0. The molecule has 1 aromatic heterocycles. The van der Waals surface area contributed by atoms with E-state index in [2.05, 4.69) is 37.2 Å². The fourth-order valence-electron chi connectivity index (χ4n) is 3.42. The van der Waals surface area contributed by atoms with Crippen LogP contribution in [0.15, 0.2) is 72.0 Å². The highest BCUT2D eigenvalue weighted by Crippen LogP contribution is 2.23. The van der Waals surface area contributed by atoms with E-state index in [4.69, 9.17) is 0 Å². The molecule has 0 spiro atoms. The number of non-ortho nitro benzene ring substituents is 1. The van der Waals surface area contributed by atoms with Crippen molar-refractivity contribution in [3.05, 3.63) is 77.1 Å². The number of para-hydroxylation sites is 1. The van der Waals surface area contributed by atoms with Gasteiger partial charge in [-0.3, -0.25) is 14.9 Å². The van der Waals surface area contributed by atoms with Gasteiger partial charge in [-0.1, -0.05) is 30.0 Å². The van der Waals surface area contributed by atoms with E-state index in [1.54, 1.807) is 0 Å². The van der Waals surface area contributed by atoms with Crippen molar-refractivity contribution < 1.29 is 9.72 Å². The zero-order chi connectivity index (χ0) is 22.3. The van der Waals surface area contributed by atoms with Crippen molar-refractivity contribution in [3.63, 3.8) is 0 Å². The third-order valence-corrected chi connectivity index (χ3v) is 5.99. The molecule has 4 rings (SSSR count). The van der Waals surface area contributed by atoms with E-state index in [0.29, 0.717) is 5.69 Å². The summed E-state index contributed by atoms with van der Waals surface area (Å²) >= 11 is 1.32. The Balaban J connectivity index is 1.28. The van der Waals surface area contributed by atoms with Crippen LogP contribution in [-0.2, 0) is 4.79 Å². The molecule has 164 valence electrons. The van der Waals surface area contributed by atoms with Gasteiger partial charge < -0.3 is 15.1 Å². The first-order valence-corrected chi connectivity index (χ1v) is 11.1. The second-order valence-corrected chi connectivity index (χ2v) is 8.16. The van der Waals surface area contributed by atoms with Crippen LogP contribution in [0.5, 0.6) is 0 Å². The number of nitrogens with one attached hydrogen (secondary N) is 1. The maximum absolute atomic E-state index is 12.2. The number of benzene rings is 2. The fraction of sp³-hybridized carbons (Fsp3) is 0.227. The number of amides is 1. The van der Waals surface area contributed by atoms with Gasteiger partial charge in [0.1, 0.15) is 17.2 Å². The van der Waals surface area contributed by atoms with E-state index in [-0.39, 0.29) is 17.3 Å². The third-order valence-electron chi connectivity index (χ3n) is 5.07. The lowest BCUT2D eigenvalue weighted by atomic mass is 10.2. The van der Waals surface area contributed by atoms with Crippen molar-refractivity contribution in [2.24, 2.45) is 0 Å². The molecule has 32 heavy (non-hydrogen) atoms. The van der Waals surface area contributed by atoms with Gasteiger partial charge in [-0.05, 0) is 24.3 Å². The molecule has 1 amide bonds. The molecular formula is C22H22N6O3S. The monoisotopic (exact) mass is 450 g/mol. The number of hydrogen-bond donors (Lipinski definition) is 1. The number of carbonyl (C=O) groups is 1. The Morgan fingerprint density at radius 2 is 1.69 bits per heavy atom. The molecule has 0 radical (unpaired) electrons. The molecule has 0 saturated carbocycles. The Hall–Kier alpha value is -3.66. The van der Waals surface area contributed by atoms with Crippen LogP contribution >= 0.6 is 11.8 Å². The predicted molar refractivity (Wildman–Crippen MR) is 125 cm³/mol. The van der Waals surface area contributed by atoms with Gasteiger partial charge in [0, 0.05) is 55.8 Å². The first-order valence-electron chi connectivity index (χ1n) is 10.1. The molecule has 2 aromatic carbocycles. The molecule has 1 fully saturated rings. The minimum atomic E-state index is -0.477. The van der Waals surface area contributed by atoms with Crippen LogP contribution in [-0.4, -0.2) is 52.7 Å². The summed E-state index contributed by atoms with van der Waals surface area (Å²) < 4.78 is 0. The highest BCUT2D eigenvalue weighted by molar-refractivity contribution is 7.99. The Kier molecular flexibility index (Phi) is 6.81. The van der Waals surface area contributed by atoms with Crippen LogP contribution < -0.4 is 15.1 Å². The average molecular weight is 451 g/mol. The second kappa shape index (κ2) is 10.1. The summed E-state index contributed by atoms with van der Waals surface area (Å²) in [5.41, 5.74) is 1.72. The number of anilines is 3. The third kappa shape index (κ3) is 5.52. The molecule has 9 nitrogen and oxygen atoms in total. The van der Waals surface area contributed by atoms with Crippen molar-refractivity contribution in [2.75, 3.05) is 47.0 Å². The Labute approximate surface area is 189 Å². The summed E-state index contributed by atoms with van der Waals surface area (Å²) in [5, 5.41) is 14.2. The number of aromatic nitrogens is 2. The molecule has 2 heterocycles. The van der Waals surface area contributed by atoms with E-state index in [9.17, 15) is 14.9 Å². The molecule has 3 aromatic rings. The lowest BCUT2D eigenvalue weighted by molar-refractivity contribution is -0.384. The minimum absolute atomic E-state index is 0.0181. The van der Waals surface area contributed by atoms with E-state index in [0.717, 1.165) is 37.0 Å².